The number of rotatable bonds is 4. The third-order valence-electron chi connectivity index (χ3n) is 2.64. The van der Waals surface area contributed by atoms with Gasteiger partial charge in [0.25, 0.3) is 0 Å². The topological polar surface area (TPSA) is 44.1 Å². The number of aromatic nitrogens is 2. The Balaban J connectivity index is 2.24. The fourth-order valence-corrected chi connectivity index (χ4v) is 2.01. The highest BCUT2D eigenvalue weighted by Gasteiger charge is 2.17. The van der Waals surface area contributed by atoms with E-state index in [2.05, 4.69) is 5.10 Å². The maximum absolute atomic E-state index is 12.2. The molecule has 0 fully saturated rings. The number of carbonyl (C=O) groups is 1. The Labute approximate surface area is 110 Å². The minimum atomic E-state index is -0.0471. The van der Waals surface area contributed by atoms with E-state index in [-0.39, 0.29) is 12.2 Å². The SMILES string of the molecule is COc1cnn(C)c1C(=O)Cc1cccc(Cl)c1. The Morgan fingerprint density at radius 3 is 2.94 bits per heavy atom. The lowest BCUT2D eigenvalue weighted by Gasteiger charge is -2.05. The van der Waals surface area contributed by atoms with Gasteiger partial charge < -0.3 is 4.74 Å². The van der Waals surface area contributed by atoms with Gasteiger partial charge in [0.15, 0.2) is 11.5 Å². The first-order valence-electron chi connectivity index (χ1n) is 5.45. The third-order valence-corrected chi connectivity index (χ3v) is 2.88. The molecule has 4 nitrogen and oxygen atoms in total. The smallest absolute Gasteiger partial charge is 0.189 e. The number of ketones is 1. The quantitative estimate of drug-likeness (QED) is 0.797. The predicted octanol–water partition coefficient (Wildman–Crippen LogP) is 2.51. The Kier molecular flexibility index (Phi) is 3.67. The number of carbonyl (C=O) groups excluding carboxylic acids is 1. The van der Waals surface area contributed by atoms with Crippen LogP contribution in [0.15, 0.2) is 30.5 Å². The third kappa shape index (κ3) is 2.54. The van der Waals surface area contributed by atoms with Gasteiger partial charge in [-0.3, -0.25) is 9.48 Å². The van der Waals surface area contributed by atoms with E-state index >= 15 is 0 Å². The van der Waals surface area contributed by atoms with Crippen LogP contribution in [0, 0.1) is 0 Å². The van der Waals surface area contributed by atoms with Gasteiger partial charge in [0.1, 0.15) is 5.69 Å². The summed E-state index contributed by atoms with van der Waals surface area (Å²) >= 11 is 5.89. The second kappa shape index (κ2) is 5.23. The molecule has 18 heavy (non-hydrogen) atoms. The van der Waals surface area contributed by atoms with Crippen molar-refractivity contribution < 1.29 is 9.53 Å². The van der Waals surface area contributed by atoms with Crippen molar-refractivity contribution in [3.8, 4) is 5.75 Å². The molecule has 0 saturated heterocycles. The van der Waals surface area contributed by atoms with E-state index in [0.29, 0.717) is 16.5 Å². The Hall–Kier alpha value is -1.81. The highest BCUT2D eigenvalue weighted by molar-refractivity contribution is 6.30. The summed E-state index contributed by atoms with van der Waals surface area (Å²) in [5.41, 5.74) is 1.34. The maximum Gasteiger partial charge on any atom is 0.189 e. The molecule has 0 bridgehead atoms. The van der Waals surface area contributed by atoms with Crippen LogP contribution < -0.4 is 4.74 Å². The van der Waals surface area contributed by atoms with Crippen LogP contribution in [0.4, 0.5) is 0 Å². The van der Waals surface area contributed by atoms with Gasteiger partial charge in [-0.15, -0.1) is 0 Å². The molecule has 0 aliphatic rings. The molecule has 0 aliphatic carbocycles. The van der Waals surface area contributed by atoms with E-state index in [1.165, 1.54) is 18.0 Å². The molecule has 2 aromatic rings. The van der Waals surface area contributed by atoms with Crippen molar-refractivity contribution in [2.45, 2.75) is 6.42 Å². The molecule has 0 spiro atoms. The molecule has 1 aromatic heterocycles. The Morgan fingerprint density at radius 2 is 2.28 bits per heavy atom. The Bertz CT molecular complexity index is 578. The number of nitrogens with zero attached hydrogens (tertiary/aromatic N) is 2. The first-order chi connectivity index (χ1) is 8.61. The van der Waals surface area contributed by atoms with Crippen molar-refractivity contribution in [3.05, 3.63) is 46.7 Å². The standard InChI is InChI=1S/C13H13ClN2O2/c1-16-13(12(18-2)8-15-16)11(17)7-9-4-3-5-10(14)6-9/h3-6,8H,7H2,1-2H3. The molecule has 94 valence electrons. The van der Waals surface area contributed by atoms with E-state index in [9.17, 15) is 4.79 Å². The number of methoxy groups -OCH3 is 1. The van der Waals surface area contributed by atoms with E-state index < -0.39 is 0 Å². The second-order valence-electron chi connectivity index (χ2n) is 3.92. The molecule has 0 amide bonds. The normalized spacial score (nSPS) is 10.4. The highest BCUT2D eigenvalue weighted by Crippen LogP contribution is 2.19. The van der Waals surface area contributed by atoms with Gasteiger partial charge in [-0.05, 0) is 17.7 Å². The maximum atomic E-state index is 12.2. The first-order valence-corrected chi connectivity index (χ1v) is 5.83. The summed E-state index contributed by atoms with van der Waals surface area (Å²) in [4.78, 5) is 12.2. The molecular formula is C13H13ClN2O2. The summed E-state index contributed by atoms with van der Waals surface area (Å²) in [5, 5.41) is 4.63. The summed E-state index contributed by atoms with van der Waals surface area (Å²) in [6.07, 6.45) is 1.81. The largest absolute Gasteiger partial charge is 0.493 e. The molecule has 2 rings (SSSR count). The van der Waals surface area contributed by atoms with Crippen molar-refractivity contribution in [1.29, 1.82) is 0 Å². The zero-order valence-corrected chi connectivity index (χ0v) is 10.9. The summed E-state index contributed by atoms with van der Waals surface area (Å²) < 4.78 is 6.64. The average Bonchev–Trinajstić information content (AvgIpc) is 2.70. The van der Waals surface area contributed by atoms with Gasteiger partial charge in [-0.25, -0.2) is 0 Å². The van der Waals surface area contributed by atoms with Gasteiger partial charge in [-0.2, -0.15) is 5.10 Å². The molecule has 0 aliphatic heterocycles. The summed E-state index contributed by atoms with van der Waals surface area (Å²) in [7, 11) is 3.24. The minimum absolute atomic E-state index is 0.0471. The van der Waals surface area contributed by atoms with Gasteiger partial charge in [0, 0.05) is 18.5 Å². The van der Waals surface area contributed by atoms with E-state index in [0.717, 1.165) is 5.56 Å². The molecule has 1 aromatic carbocycles. The van der Waals surface area contributed by atoms with Crippen molar-refractivity contribution in [2.75, 3.05) is 7.11 Å². The van der Waals surface area contributed by atoms with Crippen LogP contribution in [0.25, 0.3) is 0 Å². The van der Waals surface area contributed by atoms with Crippen molar-refractivity contribution in [3.63, 3.8) is 0 Å². The molecule has 0 N–H and O–H groups in total. The Morgan fingerprint density at radius 1 is 1.50 bits per heavy atom. The van der Waals surface area contributed by atoms with Gasteiger partial charge in [-0.1, -0.05) is 23.7 Å². The van der Waals surface area contributed by atoms with Crippen molar-refractivity contribution >= 4 is 17.4 Å². The molecule has 1 heterocycles. The van der Waals surface area contributed by atoms with Crippen LogP contribution in [0.2, 0.25) is 5.02 Å². The fourth-order valence-electron chi connectivity index (χ4n) is 1.80. The van der Waals surface area contributed by atoms with Gasteiger partial charge in [0.2, 0.25) is 0 Å². The second-order valence-corrected chi connectivity index (χ2v) is 4.35. The highest BCUT2D eigenvalue weighted by atomic mass is 35.5. The molecule has 0 unspecified atom stereocenters. The fraction of sp³-hybridized carbons (Fsp3) is 0.231. The lowest BCUT2D eigenvalue weighted by atomic mass is 10.1. The minimum Gasteiger partial charge on any atom is -0.493 e. The van der Waals surface area contributed by atoms with E-state index in [1.54, 1.807) is 19.2 Å². The zero-order chi connectivity index (χ0) is 13.1. The van der Waals surface area contributed by atoms with E-state index in [1.807, 2.05) is 12.1 Å². The van der Waals surface area contributed by atoms with Crippen molar-refractivity contribution in [1.82, 2.24) is 9.78 Å². The van der Waals surface area contributed by atoms with Gasteiger partial charge >= 0.3 is 0 Å². The first kappa shape index (κ1) is 12.6. The number of ether oxygens (including phenoxy) is 1. The predicted molar refractivity (Wildman–Crippen MR) is 69.2 cm³/mol. The van der Waals surface area contributed by atoms with Crippen LogP contribution in [0.5, 0.6) is 5.75 Å². The molecule has 0 saturated carbocycles. The van der Waals surface area contributed by atoms with E-state index in [4.69, 9.17) is 16.3 Å². The number of benzene rings is 1. The van der Waals surface area contributed by atoms with Crippen LogP contribution in [0.3, 0.4) is 0 Å². The zero-order valence-electron chi connectivity index (χ0n) is 10.2. The van der Waals surface area contributed by atoms with Crippen LogP contribution in [-0.2, 0) is 13.5 Å². The van der Waals surface area contributed by atoms with Crippen LogP contribution >= 0.6 is 11.6 Å². The summed E-state index contributed by atoms with van der Waals surface area (Å²) in [5.74, 6) is 0.443. The summed E-state index contributed by atoms with van der Waals surface area (Å²) in [6.45, 7) is 0. The molecule has 5 heteroatoms. The molecule has 0 atom stereocenters. The lowest BCUT2D eigenvalue weighted by Crippen LogP contribution is -2.11. The average molecular weight is 265 g/mol. The number of aryl methyl sites for hydroxylation is 1. The molecular weight excluding hydrogens is 252 g/mol. The number of hydrogen-bond donors (Lipinski definition) is 0. The number of hydrogen-bond acceptors (Lipinski definition) is 3. The monoisotopic (exact) mass is 264 g/mol. The van der Waals surface area contributed by atoms with Crippen LogP contribution in [-0.4, -0.2) is 22.7 Å². The molecule has 0 radical (unpaired) electrons. The van der Waals surface area contributed by atoms with Gasteiger partial charge in [0.05, 0.1) is 13.3 Å². The van der Waals surface area contributed by atoms with Crippen LogP contribution in [0.1, 0.15) is 16.1 Å². The number of Topliss-reactive ketones (excluding diaryl/α,β-unsaturated/α-hetero) is 1. The summed E-state index contributed by atoms with van der Waals surface area (Å²) in [6, 6.07) is 7.25. The lowest BCUT2D eigenvalue weighted by molar-refractivity contribution is 0.0981. The van der Waals surface area contributed by atoms with Crippen molar-refractivity contribution in [2.24, 2.45) is 7.05 Å². The number of halogens is 1.